The molecule has 0 spiro atoms. The summed E-state index contributed by atoms with van der Waals surface area (Å²) in [6.45, 7) is 5.50. The summed E-state index contributed by atoms with van der Waals surface area (Å²) in [5, 5.41) is 3.56. The van der Waals surface area contributed by atoms with Gasteiger partial charge < -0.3 is 9.73 Å². The maximum Gasteiger partial charge on any atom is 0.103 e. The van der Waals surface area contributed by atoms with Crippen LogP contribution in [-0.4, -0.2) is 12.6 Å². The van der Waals surface area contributed by atoms with Crippen LogP contribution in [0.15, 0.2) is 22.8 Å². The van der Waals surface area contributed by atoms with Crippen LogP contribution >= 0.6 is 0 Å². The number of unbranched alkanes of at least 4 members (excludes halogenated alkanes) is 2. The summed E-state index contributed by atoms with van der Waals surface area (Å²) in [4.78, 5) is 0. The van der Waals surface area contributed by atoms with Gasteiger partial charge in [-0.05, 0) is 31.5 Å². The Morgan fingerprint density at radius 3 is 2.75 bits per heavy atom. The minimum atomic E-state index is 0.654. The third kappa shape index (κ3) is 5.36. The summed E-state index contributed by atoms with van der Waals surface area (Å²) in [7, 11) is 0. The molecule has 92 valence electrons. The zero-order chi connectivity index (χ0) is 11.6. The highest BCUT2D eigenvalue weighted by atomic mass is 16.3. The smallest absolute Gasteiger partial charge is 0.103 e. The summed E-state index contributed by atoms with van der Waals surface area (Å²) >= 11 is 0. The van der Waals surface area contributed by atoms with Crippen LogP contribution in [0.4, 0.5) is 0 Å². The molecule has 1 aromatic heterocycles. The number of nitrogens with one attached hydrogen (secondary N) is 1. The fraction of sp³-hybridized carbons (Fsp3) is 0.714. The highest BCUT2D eigenvalue weighted by molar-refractivity contribution is 4.98. The van der Waals surface area contributed by atoms with Gasteiger partial charge in [-0.15, -0.1) is 0 Å². The highest BCUT2D eigenvalue weighted by Crippen LogP contribution is 2.11. The molecular weight excluding hydrogens is 198 g/mol. The first-order valence-corrected chi connectivity index (χ1v) is 6.62. The predicted molar refractivity (Wildman–Crippen MR) is 68.6 cm³/mol. The first-order valence-electron chi connectivity index (χ1n) is 6.62. The molecule has 1 N–H and O–H groups in total. The van der Waals surface area contributed by atoms with Crippen molar-refractivity contribution in [1.29, 1.82) is 0 Å². The van der Waals surface area contributed by atoms with Gasteiger partial charge in [0, 0.05) is 12.5 Å². The van der Waals surface area contributed by atoms with E-state index in [9.17, 15) is 0 Å². The lowest BCUT2D eigenvalue weighted by Gasteiger charge is -2.16. The molecule has 0 saturated heterocycles. The van der Waals surface area contributed by atoms with Gasteiger partial charge in [0.15, 0.2) is 0 Å². The van der Waals surface area contributed by atoms with Crippen molar-refractivity contribution in [1.82, 2.24) is 5.32 Å². The first kappa shape index (κ1) is 13.3. The molecule has 1 rings (SSSR count). The van der Waals surface area contributed by atoms with Gasteiger partial charge in [-0.1, -0.05) is 33.1 Å². The van der Waals surface area contributed by atoms with Crippen LogP contribution in [0.25, 0.3) is 0 Å². The number of hydrogen-bond acceptors (Lipinski definition) is 2. The third-order valence-electron chi connectivity index (χ3n) is 2.97. The lowest BCUT2D eigenvalue weighted by molar-refractivity contribution is 0.420. The average molecular weight is 223 g/mol. The van der Waals surface area contributed by atoms with Crippen molar-refractivity contribution in [2.75, 3.05) is 6.54 Å². The van der Waals surface area contributed by atoms with Gasteiger partial charge in [0.05, 0.1) is 6.26 Å². The largest absolute Gasteiger partial charge is 0.469 e. The van der Waals surface area contributed by atoms with E-state index in [-0.39, 0.29) is 0 Å². The van der Waals surface area contributed by atoms with Gasteiger partial charge in [-0.25, -0.2) is 0 Å². The summed E-state index contributed by atoms with van der Waals surface area (Å²) in [5.41, 5.74) is 0. The summed E-state index contributed by atoms with van der Waals surface area (Å²) < 4.78 is 5.36. The summed E-state index contributed by atoms with van der Waals surface area (Å²) in [6.07, 6.45) is 9.28. The Balaban J connectivity index is 2.21. The van der Waals surface area contributed by atoms with Crippen molar-refractivity contribution in [2.45, 2.75) is 58.4 Å². The second kappa shape index (κ2) is 8.40. The molecule has 2 nitrogen and oxygen atoms in total. The molecule has 0 fully saturated rings. The molecular formula is C14H25NO. The molecule has 16 heavy (non-hydrogen) atoms. The van der Waals surface area contributed by atoms with Crippen LogP contribution in [0.5, 0.6) is 0 Å². The predicted octanol–water partition coefficient (Wildman–Crippen LogP) is 3.77. The Labute approximate surface area is 99.4 Å². The zero-order valence-electron chi connectivity index (χ0n) is 10.7. The number of rotatable bonds is 9. The number of hydrogen-bond donors (Lipinski definition) is 1. The minimum absolute atomic E-state index is 0.654. The van der Waals surface area contributed by atoms with E-state index in [1.807, 2.05) is 6.07 Å². The van der Waals surface area contributed by atoms with Crippen molar-refractivity contribution in [3.8, 4) is 0 Å². The second-order valence-corrected chi connectivity index (χ2v) is 4.37. The van der Waals surface area contributed by atoms with Gasteiger partial charge in [-0.3, -0.25) is 0 Å². The SMILES string of the molecule is CCCCCC(CCc1ccco1)NCC. The van der Waals surface area contributed by atoms with E-state index in [2.05, 4.69) is 25.2 Å². The molecule has 0 amide bonds. The van der Waals surface area contributed by atoms with Crippen LogP contribution in [0.2, 0.25) is 0 Å². The van der Waals surface area contributed by atoms with Crippen LogP contribution in [-0.2, 0) is 6.42 Å². The van der Waals surface area contributed by atoms with Crippen molar-refractivity contribution in [2.24, 2.45) is 0 Å². The molecule has 1 heterocycles. The fourth-order valence-electron chi connectivity index (χ4n) is 2.05. The molecule has 0 aliphatic heterocycles. The molecule has 1 unspecified atom stereocenters. The standard InChI is InChI=1S/C14H25NO/c1-3-5-6-8-13(15-4-2)10-11-14-9-7-12-16-14/h7,9,12-13,15H,3-6,8,10-11H2,1-2H3. The fourth-order valence-corrected chi connectivity index (χ4v) is 2.05. The van der Waals surface area contributed by atoms with Crippen molar-refractivity contribution in [3.05, 3.63) is 24.2 Å². The molecule has 0 aliphatic rings. The summed E-state index contributed by atoms with van der Waals surface area (Å²) in [5.74, 6) is 1.11. The average Bonchev–Trinajstić information content (AvgIpc) is 2.79. The van der Waals surface area contributed by atoms with Crippen molar-refractivity contribution < 1.29 is 4.42 Å². The topological polar surface area (TPSA) is 25.2 Å². The quantitative estimate of drug-likeness (QED) is 0.645. The molecule has 1 atom stereocenters. The first-order chi connectivity index (χ1) is 7.86. The number of furan rings is 1. The maximum absolute atomic E-state index is 5.36. The van der Waals surface area contributed by atoms with E-state index in [1.165, 1.54) is 32.1 Å². The van der Waals surface area contributed by atoms with Crippen LogP contribution in [0, 0.1) is 0 Å². The van der Waals surface area contributed by atoms with Crippen LogP contribution in [0.3, 0.4) is 0 Å². The minimum Gasteiger partial charge on any atom is -0.469 e. The normalized spacial score (nSPS) is 12.9. The van der Waals surface area contributed by atoms with Crippen LogP contribution in [0.1, 0.15) is 51.7 Å². The molecule has 0 saturated carbocycles. The molecule has 0 bridgehead atoms. The van der Waals surface area contributed by atoms with E-state index in [0.717, 1.165) is 18.7 Å². The summed E-state index contributed by atoms with van der Waals surface area (Å²) in [6, 6.07) is 4.69. The Hall–Kier alpha value is -0.760. The lowest BCUT2D eigenvalue weighted by atomic mass is 10.0. The molecule has 0 aromatic carbocycles. The Morgan fingerprint density at radius 1 is 1.25 bits per heavy atom. The van der Waals surface area contributed by atoms with E-state index in [0.29, 0.717) is 6.04 Å². The molecule has 2 heteroatoms. The Bertz CT molecular complexity index is 243. The van der Waals surface area contributed by atoms with Gasteiger partial charge in [0.25, 0.3) is 0 Å². The van der Waals surface area contributed by atoms with Crippen molar-refractivity contribution in [3.63, 3.8) is 0 Å². The Morgan fingerprint density at radius 2 is 2.12 bits per heavy atom. The zero-order valence-corrected chi connectivity index (χ0v) is 10.7. The van der Waals surface area contributed by atoms with Crippen LogP contribution < -0.4 is 5.32 Å². The number of aryl methyl sites for hydroxylation is 1. The van der Waals surface area contributed by atoms with Crippen molar-refractivity contribution >= 4 is 0 Å². The lowest BCUT2D eigenvalue weighted by Crippen LogP contribution is -2.29. The van der Waals surface area contributed by atoms with Gasteiger partial charge in [0.1, 0.15) is 5.76 Å². The molecule has 0 aliphatic carbocycles. The third-order valence-corrected chi connectivity index (χ3v) is 2.97. The molecule has 1 aromatic rings. The van der Waals surface area contributed by atoms with Gasteiger partial charge >= 0.3 is 0 Å². The van der Waals surface area contributed by atoms with E-state index >= 15 is 0 Å². The monoisotopic (exact) mass is 223 g/mol. The van der Waals surface area contributed by atoms with Gasteiger partial charge in [-0.2, -0.15) is 0 Å². The molecule has 0 radical (unpaired) electrons. The van der Waals surface area contributed by atoms with E-state index in [4.69, 9.17) is 4.42 Å². The van der Waals surface area contributed by atoms with E-state index in [1.54, 1.807) is 6.26 Å². The van der Waals surface area contributed by atoms with E-state index < -0.39 is 0 Å². The van der Waals surface area contributed by atoms with Gasteiger partial charge in [0.2, 0.25) is 0 Å². The maximum atomic E-state index is 5.36. The highest BCUT2D eigenvalue weighted by Gasteiger charge is 2.07. The Kier molecular flexibility index (Phi) is 6.98. The second-order valence-electron chi connectivity index (χ2n) is 4.37.